The van der Waals surface area contributed by atoms with Crippen molar-refractivity contribution in [1.82, 2.24) is 4.90 Å². The van der Waals surface area contributed by atoms with Crippen LogP contribution in [0.1, 0.15) is 30.9 Å². The molecule has 0 aliphatic heterocycles. The van der Waals surface area contributed by atoms with Gasteiger partial charge in [0.05, 0.1) is 6.07 Å². The molecule has 0 unspecified atom stereocenters. The van der Waals surface area contributed by atoms with Gasteiger partial charge in [-0.1, -0.05) is 37.6 Å². The second-order valence-electron chi connectivity index (χ2n) is 4.15. The first-order valence-corrected chi connectivity index (χ1v) is 5.86. The minimum Gasteiger partial charge on any atom is -0.341 e. The first-order valence-electron chi connectivity index (χ1n) is 5.86. The van der Waals surface area contributed by atoms with Gasteiger partial charge in [-0.25, -0.2) is 0 Å². The molecule has 0 spiro atoms. The van der Waals surface area contributed by atoms with Crippen molar-refractivity contribution in [3.63, 3.8) is 0 Å². The Labute approximate surface area is 103 Å². The van der Waals surface area contributed by atoms with Crippen LogP contribution in [0.4, 0.5) is 0 Å². The lowest BCUT2D eigenvalue weighted by molar-refractivity contribution is -0.129. The predicted octanol–water partition coefficient (Wildman–Crippen LogP) is 2.51. The molecule has 0 saturated carbocycles. The highest BCUT2D eigenvalue weighted by molar-refractivity contribution is 5.77. The first-order chi connectivity index (χ1) is 8.17. The molecule has 0 atom stereocenters. The van der Waals surface area contributed by atoms with E-state index >= 15 is 0 Å². The van der Waals surface area contributed by atoms with E-state index < -0.39 is 0 Å². The van der Waals surface area contributed by atoms with Crippen molar-refractivity contribution < 1.29 is 4.79 Å². The molecule has 17 heavy (non-hydrogen) atoms. The van der Waals surface area contributed by atoms with E-state index in [0.717, 1.165) is 18.4 Å². The Morgan fingerprint density at radius 1 is 1.29 bits per heavy atom. The maximum absolute atomic E-state index is 11.4. The van der Waals surface area contributed by atoms with Crippen LogP contribution in [0.25, 0.3) is 0 Å². The fourth-order valence-corrected chi connectivity index (χ4v) is 1.66. The lowest BCUT2D eigenvalue weighted by Crippen LogP contribution is -2.25. The van der Waals surface area contributed by atoms with E-state index in [1.165, 1.54) is 5.56 Å². The molecule has 0 fully saturated rings. The third-order valence-corrected chi connectivity index (χ3v) is 2.64. The zero-order valence-corrected chi connectivity index (χ0v) is 10.4. The number of benzene rings is 1. The Bertz CT molecular complexity index is 403. The number of rotatable bonds is 5. The van der Waals surface area contributed by atoms with Crippen LogP contribution in [0.2, 0.25) is 0 Å². The van der Waals surface area contributed by atoms with Crippen LogP contribution in [0, 0.1) is 11.3 Å². The van der Waals surface area contributed by atoms with E-state index in [-0.39, 0.29) is 12.3 Å². The minimum absolute atomic E-state index is 0.0512. The van der Waals surface area contributed by atoms with Crippen LogP contribution < -0.4 is 0 Å². The van der Waals surface area contributed by atoms with Gasteiger partial charge in [0.25, 0.3) is 0 Å². The summed E-state index contributed by atoms with van der Waals surface area (Å²) < 4.78 is 0. The molecule has 0 radical (unpaired) electrons. The molecule has 1 amide bonds. The summed E-state index contributed by atoms with van der Waals surface area (Å²) in [5.74, 6) is -0.134. The van der Waals surface area contributed by atoms with Gasteiger partial charge in [0.1, 0.15) is 6.42 Å². The number of hydrogen-bond acceptors (Lipinski definition) is 2. The minimum atomic E-state index is -0.134. The Kier molecular flexibility index (Phi) is 5.22. The molecule has 1 rings (SSSR count). The summed E-state index contributed by atoms with van der Waals surface area (Å²) in [5, 5.41) is 8.45. The number of aryl methyl sites for hydroxylation is 1. The van der Waals surface area contributed by atoms with Crippen LogP contribution in [0.3, 0.4) is 0 Å². The highest BCUT2D eigenvalue weighted by Crippen LogP contribution is 2.09. The molecule has 0 aliphatic carbocycles. The Morgan fingerprint density at radius 2 is 1.88 bits per heavy atom. The van der Waals surface area contributed by atoms with Crippen molar-refractivity contribution in [2.24, 2.45) is 0 Å². The SMILES string of the molecule is CCCc1ccc(CN(C)C(=O)CC#N)cc1. The molecule has 0 heterocycles. The van der Waals surface area contributed by atoms with E-state index in [0.29, 0.717) is 6.54 Å². The second-order valence-corrected chi connectivity index (χ2v) is 4.15. The molecule has 0 bridgehead atoms. The summed E-state index contributed by atoms with van der Waals surface area (Å²) in [7, 11) is 1.72. The largest absolute Gasteiger partial charge is 0.341 e. The van der Waals surface area contributed by atoms with Crippen LogP contribution in [-0.2, 0) is 17.8 Å². The first kappa shape index (κ1) is 13.2. The standard InChI is InChI=1S/C14H18N2O/c1-3-4-12-5-7-13(8-6-12)11-16(2)14(17)9-10-15/h5-8H,3-4,9,11H2,1-2H3. The van der Waals surface area contributed by atoms with Gasteiger partial charge in [0.2, 0.25) is 5.91 Å². The third kappa shape index (κ3) is 4.28. The van der Waals surface area contributed by atoms with Crippen molar-refractivity contribution in [2.45, 2.75) is 32.7 Å². The molecule has 90 valence electrons. The lowest BCUT2D eigenvalue weighted by atomic mass is 10.1. The van der Waals surface area contributed by atoms with Gasteiger partial charge >= 0.3 is 0 Å². The number of carbonyl (C=O) groups excluding carboxylic acids is 1. The molecular formula is C14H18N2O. The molecule has 0 aromatic heterocycles. The summed E-state index contributed by atoms with van der Waals surface area (Å²) in [6.07, 6.45) is 2.17. The fraction of sp³-hybridized carbons (Fsp3) is 0.429. The van der Waals surface area contributed by atoms with Gasteiger partial charge in [-0.05, 0) is 17.5 Å². The van der Waals surface area contributed by atoms with Crippen LogP contribution in [0.5, 0.6) is 0 Å². The van der Waals surface area contributed by atoms with Gasteiger partial charge in [-0.15, -0.1) is 0 Å². The summed E-state index contributed by atoms with van der Waals surface area (Å²) in [5.41, 5.74) is 2.42. The smallest absolute Gasteiger partial charge is 0.236 e. The zero-order chi connectivity index (χ0) is 12.7. The highest BCUT2D eigenvalue weighted by atomic mass is 16.2. The van der Waals surface area contributed by atoms with Gasteiger partial charge in [0.15, 0.2) is 0 Å². The van der Waals surface area contributed by atoms with Gasteiger partial charge in [-0.2, -0.15) is 5.26 Å². The van der Waals surface area contributed by atoms with Crippen molar-refractivity contribution in [3.8, 4) is 6.07 Å². The molecular weight excluding hydrogens is 212 g/mol. The van der Waals surface area contributed by atoms with Crippen molar-refractivity contribution >= 4 is 5.91 Å². The highest BCUT2D eigenvalue weighted by Gasteiger charge is 2.08. The maximum Gasteiger partial charge on any atom is 0.236 e. The summed E-state index contributed by atoms with van der Waals surface area (Å²) in [6.45, 7) is 2.72. The Morgan fingerprint density at radius 3 is 2.41 bits per heavy atom. The molecule has 3 nitrogen and oxygen atoms in total. The number of nitrogens with zero attached hydrogens (tertiary/aromatic N) is 2. The number of hydrogen-bond donors (Lipinski definition) is 0. The third-order valence-electron chi connectivity index (χ3n) is 2.64. The number of nitriles is 1. The van der Waals surface area contributed by atoms with Crippen LogP contribution >= 0.6 is 0 Å². The van der Waals surface area contributed by atoms with Crippen LogP contribution in [-0.4, -0.2) is 17.9 Å². The van der Waals surface area contributed by atoms with Gasteiger partial charge < -0.3 is 4.90 Å². The van der Waals surface area contributed by atoms with E-state index in [9.17, 15) is 4.79 Å². The van der Waals surface area contributed by atoms with Crippen LogP contribution in [0.15, 0.2) is 24.3 Å². The van der Waals surface area contributed by atoms with E-state index in [1.54, 1.807) is 11.9 Å². The second kappa shape index (κ2) is 6.70. The Balaban J connectivity index is 2.57. The average molecular weight is 230 g/mol. The number of carbonyl (C=O) groups is 1. The molecule has 1 aromatic carbocycles. The molecule has 1 aromatic rings. The predicted molar refractivity (Wildman–Crippen MR) is 67.1 cm³/mol. The van der Waals surface area contributed by atoms with E-state index in [1.807, 2.05) is 18.2 Å². The van der Waals surface area contributed by atoms with Crippen molar-refractivity contribution in [3.05, 3.63) is 35.4 Å². The van der Waals surface area contributed by atoms with Gasteiger partial charge in [0, 0.05) is 13.6 Å². The molecule has 0 saturated heterocycles. The summed E-state index contributed by atoms with van der Waals surface area (Å²) in [4.78, 5) is 13.0. The molecule has 0 N–H and O–H groups in total. The summed E-state index contributed by atoms with van der Waals surface area (Å²) >= 11 is 0. The quantitative estimate of drug-likeness (QED) is 0.780. The van der Waals surface area contributed by atoms with E-state index in [2.05, 4.69) is 19.1 Å². The molecule has 0 aliphatic rings. The Hall–Kier alpha value is -1.82. The normalized spacial score (nSPS) is 9.71. The van der Waals surface area contributed by atoms with Crippen molar-refractivity contribution in [1.29, 1.82) is 5.26 Å². The monoisotopic (exact) mass is 230 g/mol. The van der Waals surface area contributed by atoms with Crippen molar-refractivity contribution in [2.75, 3.05) is 7.05 Å². The lowest BCUT2D eigenvalue weighted by Gasteiger charge is -2.15. The topological polar surface area (TPSA) is 44.1 Å². The zero-order valence-electron chi connectivity index (χ0n) is 10.4. The molecule has 3 heteroatoms. The fourth-order valence-electron chi connectivity index (χ4n) is 1.66. The average Bonchev–Trinajstić information content (AvgIpc) is 2.32. The number of amides is 1. The maximum atomic E-state index is 11.4. The van der Waals surface area contributed by atoms with E-state index in [4.69, 9.17) is 5.26 Å². The van der Waals surface area contributed by atoms with Gasteiger partial charge in [-0.3, -0.25) is 4.79 Å². The summed E-state index contributed by atoms with van der Waals surface area (Å²) in [6, 6.07) is 10.2.